The lowest BCUT2D eigenvalue weighted by Gasteiger charge is -2.49. The van der Waals surface area contributed by atoms with Crippen molar-refractivity contribution in [2.24, 2.45) is 4.99 Å². The lowest BCUT2D eigenvalue weighted by molar-refractivity contribution is 0.0648. The van der Waals surface area contributed by atoms with Crippen LogP contribution in [-0.2, 0) is 11.3 Å². The van der Waals surface area contributed by atoms with Crippen molar-refractivity contribution >= 4 is 39.4 Å². The molecule has 3 heterocycles. The molecule has 2 aliphatic heterocycles. The zero-order valence-corrected chi connectivity index (χ0v) is 22.0. The molecule has 2 atom stereocenters. The van der Waals surface area contributed by atoms with Crippen LogP contribution in [0.2, 0.25) is 0 Å². The van der Waals surface area contributed by atoms with Crippen LogP contribution in [-0.4, -0.2) is 34.6 Å². The van der Waals surface area contributed by atoms with E-state index in [1.165, 1.54) is 16.0 Å². The lowest BCUT2D eigenvalue weighted by Crippen LogP contribution is -2.67. The van der Waals surface area contributed by atoms with Crippen LogP contribution in [0.15, 0.2) is 99.2 Å². The smallest absolute Gasteiger partial charge is 0.295 e. The fraction of sp³-hybridized carbons (Fsp3) is 0.148. The summed E-state index contributed by atoms with van der Waals surface area (Å²) in [4.78, 5) is 36.3. The van der Waals surface area contributed by atoms with Crippen molar-refractivity contribution in [1.29, 1.82) is 0 Å². The molecule has 36 heavy (non-hydrogen) atoms. The minimum absolute atomic E-state index is 0.206. The van der Waals surface area contributed by atoms with Crippen LogP contribution in [0, 0.1) is 0 Å². The van der Waals surface area contributed by atoms with Gasteiger partial charge in [-0.25, -0.2) is 9.79 Å². The van der Waals surface area contributed by atoms with E-state index in [9.17, 15) is 9.59 Å². The Morgan fingerprint density at radius 3 is 2.14 bits per heavy atom. The van der Waals surface area contributed by atoms with Crippen LogP contribution in [0.3, 0.4) is 0 Å². The molecular weight excluding hydrogens is 538 g/mol. The van der Waals surface area contributed by atoms with Crippen molar-refractivity contribution in [2.75, 3.05) is 19.5 Å². The molecule has 0 radical (unpaired) electrons. The van der Waals surface area contributed by atoms with Gasteiger partial charge in [-0.2, -0.15) is 4.68 Å². The number of nitrogens with one attached hydrogen (secondary N) is 1. The quantitative estimate of drug-likeness (QED) is 0.418. The van der Waals surface area contributed by atoms with E-state index in [2.05, 4.69) is 21.4 Å². The van der Waals surface area contributed by atoms with Gasteiger partial charge in [-0.1, -0.05) is 106 Å². The Labute approximate surface area is 219 Å². The van der Waals surface area contributed by atoms with E-state index in [0.29, 0.717) is 9.33 Å². The second kappa shape index (κ2) is 8.18. The van der Waals surface area contributed by atoms with Crippen LogP contribution in [0.1, 0.15) is 16.7 Å². The number of urea groups is 1. The summed E-state index contributed by atoms with van der Waals surface area (Å²) >= 11 is 4.86. The number of benzene rings is 3. The third kappa shape index (κ3) is 2.93. The maximum Gasteiger partial charge on any atom is 0.324 e. The number of thiazole rings is 1. The number of aromatic nitrogens is 1. The van der Waals surface area contributed by atoms with Crippen LogP contribution >= 0.6 is 27.3 Å². The molecule has 3 aromatic carbocycles. The second-order valence-corrected chi connectivity index (χ2v) is 10.7. The highest BCUT2D eigenvalue weighted by Crippen LogP contribution is 2.53. The number of halogens is 1. The minimum atomic E-state index is -1.18. The number of hydrogen-bond acceptors (Lipinski definition) is 5. The average molecular weight is 560 g/mol. The monoisotopic (exact) mass is 559 g/mol. The number of carbonyl (C=O) groups is 1. The first-order valence-corrected chi connectivity index (χ1v) is 13.0. The highest BCUT2D eigenvalue weighted by Gasteiger charge is 2.69. The zero-order chi connectivity index (χ0) is 25.1. The van der Waals surface area contributed by atoms with E-state index in [-0.39, 0.29) is 11.6 Å². The molecule has 180 valence electrons. The van der Waals surface area contributed by atoms with Gasteiger partial charge in [0.05, 0.1) is 4.53 Å². The summed E-state index contributed by atoms with van der Waals surface area (Å²) in [7, 11) is 3.51. The summed E-state index contributed by atoms with van der Waals surface area (Å²) in [6, 6.07) is 27.0. The molecular formula is C27H22BrN5O2S. The van der Waals surface area contributed by atoms with Gasteiger partial charge in [0.1, 0.15) is 0 Å². The fourth-order valence-corrected chi connectivity index (χ4v) is 6.61. The number of rotatable bonds is 3. The molecule has 0 spiro atoms. The zero-order valence-electron chi connectivity index (χ0n) is 19.6. The number of carbonyl (C=O) groups excluding carboxylic acids is 1. The fourth-order valence-electron chi connectivity index (χ4n) is 5.25. The predicted molar refractivity (Wildman–Crippen MR) is 144 cm³/mol. The number of nitrogens with zero attached hydrogens (tertiary/aromatic N) is 4. The summed E-state index contributed by atoms with van der Waals surface area (Å²) in [6.45, 7) is 0. The Morgan fingerprint density at radius 1 is 0.861 bits per heavy atom. The molecule has 0 saturated carbocycles. The van der Waals surface area contributed by atoms with Crippen molar-refractivity contribution in [3.05, 3.63) is 126 Å². The maximum atomic E-state index is 13.7. The molecule has 0 bridgehead atoms. The van der Waals surface area contributed by atoms with Crippen molar-refractivity contribution in [2.45, 2.75) is 11.3 Å². The molecule has 1 N–H and O–H groups in total. The maximum absolute atomic E-state index is 13.7. The van der Waals surface area contributed by atoms with E-state index in [0.717, 1.165) is 21.2 Å². The van der Waals surface area contributed by atoms with Crippen LogP contribution in [0.4, 0.5) is 4.79 Å². The number of likely N-dealkylation sites (N-methyl/N-ethyl adjacent to an activating group) is 2. The molecule has 7 nitrogen and oxygen atoms in total. The van der Waals surface area contributed by atoms with Gasteiger partial charge < -0.3 is 0 Å². The summed E-state index contributed by atoms with van der Waals surface area (Å²) in [5, 5.41) is 0. The van der Waals surface area contributed by atoms with E-state index in [1.54, 1.807) is 23.9 Å². The molecule has 2 aliphatic rings. The van der Waals surface area contributed by atoms with Gasteiger partial charge >= 0.3 is 6.03 Å². The standard InChI is InChI=1S/C27H22BrN5O2S/c1-31-25(35)32(2)27(20-14-7-4-8-15-20)26(31,19-12-5-3-6-13-19)29-24-33(30-27)23(34)22(36-24)17-18-11-9-10-16-21(18)28/h3-17,30H,1-2H3/b22-17-/t26-,27+/m1/s1. The Hall–Kier alpha value is -3.69. The number of amides is 2. The highest BCUT2D eigenvalue weighted by molar-refractivity contribution is 9.10. The highest BCUT2D eigenvalue weighted by atomic mass is 79.9. The third-order valence-corrected chi connectivity index (χ3v) is 8.66. The molecule has 1 aromatic heterocycles. The molecule has 2 amide bonds. The summed E-state index contributed by atoms with van der Waals surface area (Å²) in [5.41, 5.74) is 3.47. The van der Waals surface area contributed by atoms with Crippen molar-refractivity contribution in [3.63, 3.8) is 0 Å². The topological polar surface area (TPSA) is 69.9 Å². The largest absolute Gasteiger partial charge is 0.324 e. The van der Waals surface area contributed by atoms with E-state index < -0.39 is 11.3 Å². The molecule has 9 heteroatoms. The molecule has 1 saturated heterocycles. The van der Waals surface area contributed by atoms with Gasteiger partial charge in [-0.3, -0.25) is 20.0 Å². The van der Waals surface area contributed by atoms with Crippen molar-refractivity contribution in [3.8, 4) is 0 Å². The molecule has 4 aromatic rings. The Morgan fingerprint density at radius 2 is 1.47 bits per heavy atom. The normalized spacial score (nSPS) is 23.2. The van der Waals surface area contributed by atoms with Gasteiger partial charge in [0, 0.05) is 29.7 Å². The summed E-state index contributed by atoms with van der Waals surface area (Å²) in [5.74, 6) is 0. The average Bonchev–Trinajstić information content (AvgIpc) is 3.30. The van der Waals surface area contributed by atoms with E-state index >= 15 is 0 Å². The molecule has 0 unspecified atom stereocenters. The van der Waals surface area contributed by atoms with Crippen LogP contribution in [0.5, 0.6) is 0 Å². The molecule has 0 aliphatic carbocycles. The van der Waals surface area contributed by atoms with Crippen LogP contribution < -0.4 is 20.3 Å². The first-order chi connectivity index (χ1) is 17.4. The van der Waals surface area contributed by atoms with E-state index in [1.807, 2.05) is 91.0 Å². The first kappa shape index (κ1) is 22.8. The lowest BCUT2D eigenvalue weighted by atomic mass is 9.80. The minimum Gasteiger partial charge on any atom is -0.295 e. The Bertz CT molecular complexity index is 1670. The molecule has 6 rings (SSSR count). The first-order valence-electron chi connectivity index (χ1n) is 11.4. The summed E-state index contributed by atoms with van der Waals surface area (Å²) < 4.78 is 2.91. The summed E-state index contributed by atoms with van der Waals surface area (Å²) in [6.07, 6.45) is 1.86. The van der Waals surface area contributed by atoms with Gasteiger partial charge in [0.2, 0.25) is 16.1 Å². The van der Waals surface area contributed by atoms with Crippen LogP contribution in [0.25, 0.3) is 6.08 Å². The van der Waals surface area contributed by atoms with Crippen molar-refractivity contribution < 1.29 is 4.79 Å². The number of hydrogen-bond donors (Lipinski definition) is 1. The van der Waals surface area contributed by atoms with Gasteiger partial charge in [-0.05, 0) is 17.7 Å². The Balaban J connectivity index is 1.72. The SMILES string of the molecule is CN1C(=O)N(C)[C@]2(c3ccccc3)Nn3c(s/c(=C\c4ccccc4Br)c3=O)=N[C@]12c1ccccc1. The van der Waals surface area contributed by atoms with Gasteiger partial charge in [-0.15, -0.1) is 0 Å². The Kier molecular flexibility index (Phi) is 5.17. The second-order valence-electron chi connectivity index (χ2n) is 8.79. The van der Waals surface area contributed by atoms with Crippen molar-refractivity contribution in [1.82, 2.24) is 14.5 Å². The number of fused-ring (bicyclic) bond motifs is 2. The van der Waals surface area contributed by atoms with Gasteiger partial charge in [0.15, 0.2) is 0 Å². The van der Waals surface area contributed by atoms with Gasteiger partial charge in [0.25, 0.3) is 5.56 Å². The van der Waals surface area contributed by atoms with E-state index in [4.69, 9.17) is 4.99 Å². The predicted octanol–water partition coefficient (Wildman–Crippen LogP) is 3.38. The molecule has 1 fully saturated rings. The third-order valence-electron chi connectivity index (χ3n) is 6.96.